The minimum Gasteiger partial charge on any atom is -0.207 e. The van der Waals surface area contributed by atoms with Gasteiger partial charge in [-0.25, -0.2) is 8.78 Å². The molecular weight excluding hydrogens is 122 g/mol. The molecule has 0 N–H and O–H groups in total. The standard InChI is InChI=1S/C7H10F2/c1-4-5-2-7(8,9)3-6(4)5/h4-6H,2-3H2,1H3/t4?,5-,6+. The van der Waals surface area contributed by atoms with Gasteiger partial charge in [-0.05, 0) is 17.8 Å². The van der Waals surface area contributed by atoms with E-state index in [1.807, 2.05) is 0 Å². The lowest BCUT2D eigenvalue weighted by Gasteiger charge is -2.10. The van der Waals surface area contributed by atoms with Gasteiger partial charge in [0.05, 0.1) is 0 Å². The molecule has 0 bridgehead atoms. The first-order chi connectivity index (χ1) is 4.10. The van der Waals surface area contributed by atoms with Gasteiger partial charge in [-0.15, -0.1) is 0 Å². The van der Waals surface area contributed by atoms with Gasteiger partial charge in [0, 0.05) is 12.8 Å². The molecule has 2 saturated carbocycles. The fourth-order valence-corrected chi connectivity index (χ4v) is 2.08. The Morgan fingerprint density at radius 1 is 1.22 bits per heavy atom. The lowest BCUT2D eigenvalue weighted by Crippen LogP contribution is -2.13. The predicted molar refractivity (Wildman–Crippen MR) is 30.3 cm³/mol. The number of hydrogen-bond acceptors (Lipinski definition) is 0. The van der Waals surface area contributed by atoms with E-state index in [9.17, 15) is 8.78 Å². The molecule has 0 aliphatic heterocycles. The van der Waals surface area contributed by atoms with Crippen LogP contribution >= 0.6 is 0 Å². The second-order valence-corrected chi connectivity index (χ2v) is 3.45. The molecule has 0 aromatic heterocycles. The second-order valence-electron chi connectivity index (χ2n) is 3.45. The highest BCUT2D eigenvalue weighted by Crippen LogP contribution is 2.62. The molecule has 0 heterocycles. The Kier molecular flexibility index (Phi) is 0.814. The average Bonchev–Trinajstić information content (AvgIpc) is 2.26. The molecule has 0 aromatic rings. The summed E-state index contributed by atoms with van der Waals surface area (Å²) in [6, 6.07) is 0. The van der Waals surface area contributed by atoms with Crippen LogP contribution in [0, 0.1) is 17.8 Å². The zero-order chi connectivity index (χ0) is 6.65. The van der Waals surface area contributed by atoms with Crippen molar-refractivity contribution in [1.29, 1.82) is 0 Å². The summed E-state index contributed by atoms with van der Waals surface area (Å²) >= 11 is 0. The van der Waals surface area contributed by atoms with Crippen LogP contribution in [-0.4, -0.2) is 5.92 Å². The lowest BCUT2D eigenvalue weighted by atomic mass is 10.1. The molecule has 0 radical (unpaired) electrons. The third-order valence-electron chi connectivity index (χ3n) is 2.83. The van der Waals surface area contributed by atoms with E-state index in [0.717, 1.165) is 0 Å². The van der Waals surface area contributed by atoms with E-state index in [1.165, 1.54) is 0 Å². The van der Waals surface area contributed by atoms with Gasteiger partial charge >= 0.3 is 0 Å². The second kappa shape index (κ2) is 1.30. The smallest absolute Gasteiger partial charge is 0.207 e. The van der Waals surface area contributed by atoms with Crippen LogP contribution in [0.5, 0.6) is 0 Å². The van der Waals surface area contributed by atoms with Crippen molar-refractivity contribution in [2.24, 2.45) is 17.8 Å². The minimum absolute atomic E-state index is 0.166. The van der Waals surface area contributed by atoms with Crippen molar-refractivity contribution in [2.75, 3.05) is 0 Å². The maximum Gasteiger partial charge on any atom is 0.248 e. The van der Waals surface area contributed by atoms with Crippen molar-refractivity contribution in [3.63, 3.8) is 0 Å². The van der Waals surface area contributed by atoms with Crippen LogP contribution in [0.4, 0.5) is 8.78 Å². The predicted octanol–water partition coefficient (Wildman–Crippen LogP) is 2.30. The maximum absolute atomic E-state index is 12.4. The fraction of sp³-hybridized carbons (Fsp3) is 1.00. The zero-order valence-corrected chi connectivity index (χ0v) is 5.40. The van der Waals surface area contributed by atoms with E-state index in [2.05, 4.69) is 6.92 Å². The van der Waals surface area contributed by atoms with Crippen molar-refractivity contribution in [1.82, 2.24) is 0 Å². The molecule has 2 aliphatic rings. The third kappa shape index (κ3) is 0.684. The maximum atomic E-state index is 12.4. The van der Waals surface area contributed by atoms with Gasteiger partial charge in [-0.1, -0.05) is 6.92 Å². The van der Waals surface area contributed by atoms with Crippen molar-refractivity contribution >= 4 is 0 Å². The van der Waals surface area contributed by atoms with E-state index in [0.29, 0.717) is 17.8 Å². The molecule has 2 aliphatic carbocycles. The molecule has 3 atom stereocenters. The molecule has 0 nitrogen and oxygen atoms in total. The van der Waals surface area contributed by atoms with Crippen molar-refractivity contribution in [3.8, 4) is 0 Å². The first-order valence-corrected chi connectivity index (χ1v) is 3.48. The fourth-order valence-electron chi connectivity index (χ4n) is 2.08. The molecule has 0 spiro atoms. The van der Waals surface area contributed by atoms with E-state index in [4.69, 9.17) is 0 Å². The number of fused-ring (bicyclic) bond motifs is 1. The summed E-state index contributed by atoms with van der Waals surface area (Å²) in [5, 5.41) is 0. The summed E-state index contributed by atoms with van der Waals surface area (Å²) in [5.41, 5.74) is 0. The first kappa shape index (κ1) is 5.63. The Morgan fingerprint density at radius 3 is 2.00 bits per heavy atom. The summed E-state index contributed by atoms with van der Waals surface area (Å²) in [5.74, 6) is -0.952. The normalized spacial score (nSPS) is 53.0. The molecule has 52 valence electrons. The monoisotopic (exact) mass is 132 g/mol. The molecule has 2 fully saturated rings. The third-order valence-corrected chi connectivity index (χ3v) is 2.83. The van der Waals surface area contributed by atoms with Gasteiger partial charge in [-0.2, -0.15) is 0 Å². The topological polar surface area (TPSA) is 0 Å². The van der Waals surface area contributed by atoms with E-state index in [1.54, 1.807) is 0 Å². The quantitative estimate of drug-likeness (QED) is 0.474. The lowest BCUT2D eigenvalue weighted by molar-refractivity contribution is -0.00749. The molecular formula is C7H10F2. The van der Waals surface area contributed by atoms with Crippen LogP contribution in [0.25, 0.3) is 0 Å². The molecule has 9 heavy (non-hydrogen) atoms. The van der Waals surface area contributed by atoms with Crippen LogP contribution < -0.4 is 0 Å². The summed E-state index contributed by atoms with van der Waals surface area (Å²) in [6.45, 7) is 2.07. The summed E-state index contributed by atoms with van der Waals surface area (Å²) < 4.78 is 24.8. The number of halogens is 2. The van der Waals surface area contributed by atoms with E-state index >= 15 is 0 Å². The number of alkyl halides is 2. The van der Waals surface area contributed by atoms with Crippen LogP contribution in [0.2, 0.25) is 0 Å². The zero-order valence-electron chi connectivity index (χ0n) is 5.40. The summed E-state index contributed by atoms with van der Waals surface area (Å²) in [4.78, 5) is 0. The van der Waals surface area contributed by atoms with Gasteiger partial charge in [0.15, 0.2) is 0 Å². The van der Waals surface area contributed by atoms with Gasteiger partial charge in [0.2, 0.25) is 5.92 Å². The Labute approximate surface area is 53.2 Å². The number of hydrogen-bond donors (Lipinski definition) is 0. The SMILES string of the molecule is CC1[C@H]2CC(F)(F)C[C@@H]12. The Morgan fingerprint density at radius 2 is 1.67 bits per heavy atom. The van der Waals surface area contributed by atoms with Crippen LogP contribution in [-0.2, 0) is 0 Å². The largest absolute Gasteiger partial charge is 0.248 e. The average molecular weight is 132 g/mol. The Balaban J connectivity index is 2.04. The Bertz CT molecular complexity index is 128. The molecule has 0 aromatic carbocycles. The van der Waals surface area contributed by atoms with Crippen LogP contribution in [0.1, 0.15) is 19.8 Å². The highest BCUT2D eigenvalue weighted by molar-refractivity contribution is 5.04. The van der Waals surface area contributed by atoms with Crippen LogP contribution in [0.15, 0.2) is 0 Å². The van der Waals surface area contributed by atoms with Gasteiger partial charge < -0.3 is 0 Å². The molecule has 0 saturated heterocycles. The summed E-state index contributed by atoms with van der Waals surface area (Å²) in [7, 11) is 0. The van der Waals surface area contributed by atoms with Gasteiger partial charge in [0.1, 0.15) is 0 Å². The van der Waals surface area contributed by atoms with Crippen molar-refractivity contribution in [3.05, 3.63) is 0 Å². The van der Waals surface area contributed by atoms with Gasteiger partial charge in [-0.3, -0.25) is 0 Å². The summed E-state index contributed by atoms with van der Waals surface area (Å²) in [6.07, 6.45) is 0.331. The molecule has 2 rings (SSSR count). The van der Waals surface area contributed by atoms with E-state index in [-0.39, 0.29) is 12.8 Å². The van der Waals surface area contributed by atoms with Crippen LogP contribution in [0.3, 0.4) is 0 Å². The highest BCUT2D eigenvalue weighted by atomic mass is 19.3. The van der Waals surface area contributed by atoms with Crippen molar-refractivity contribution < 1.29 is 8.78 Å². The molecule has 1 unspecified atom stereocenters. The minimum atomic E-state index is -2.30. The van der Waals surface area contributed by atoms with Gasteiger partial charge in [0.25, 0.3) is 0 Å². The Hall–Kier alpha value is -0.140. The molecule has 0 amide bonds. The first-order valence-electron chi connectivity index (χ1n) is 3.48. The van der Waals surface area contributed by atoms with Crippen molar-refractivity contribution in [2.45, 2.75) is 25.7 Å². The highest BCUT2D eigenvalue weighted by Gasteiger charge is 2.60. The molecule has 2 heteroatoms. The number of rotatable bonds is 0. The van der Waals surface area contributed by atoms with E-state index < -0.39 is 5.92 Å².